The van der Waals surface area contributed by atoms with Gasteiger partial charge < -0.3 is 14.1 Å². The number of hydrogen-bond donors (Lipinski definition) is 1. The molecule has 1 aromatic heterocycles. The number of ether oxygens (including phenoxy) is 1. The van der Waals surface area contributed by atoms with Gasteiger partial charge >= 0.3 is 0 Å². The Morgan fingerprint density at radius 2 is 2.25 bits per heavy atom. The van der Waals surface area contributed by atoms with E-state index in [1.165, 1.54) is 0 Å². The van der Waals surface area contributed by atoms with Crippen molar-refractivity contribution in [3.63, 3.8) is 0 Å². The van der Waals surface area contributed by atoms with Gasteiger partial charge in [-0.15, -0.1) is 0 Å². The third kappa shape index (κ3) is 1.21. The van der Waals surface area contributed by atoms with Gasteiger partial charge in [-0.05, 0) is 26.1 Å². The molecular weight excluding hydrogens is 174 g/mol. The number of aromatic amines is 1. The second-order valence-corrected chi connectivity index (χ2v) is 3.52. The van der Waals surface area contributed by atoms with E-state index in [9.17, 15) is 0 Å². The van der Waals surface area contributed by atoms with Crippen molar-refractivity contribution in [2.75, 3.05) is 0 Å². The number of fused-ring (bicyclic) bond motifs is 1. The summed E-state index contributed by atoms with van der Waals surface area (Å²) in [6.07, 6.45) is 1.13. The Labute approximate surface area is 75.7 Å². The van der Waals surface area contributed by atoms with E-state index in [0.717, 1.165) is 17.9 Å². The molecule has 1 aromatic rings. The molecule has 2 heterocycles. The summed E-state index contributed by atoms with van der Waals surface area (Å²) in [5, 5.41) is 0. The van der Waals surface area contributed by atoms with Gasteiger partial charge in [-0.1, -0.05) is 0 Å². The largest absolute Gasteiger partial charge is 0.432 e. The smallest absolute Gasteiger partial charge is 0.266 e. The Morgan fingerprint density at radius 1 is 1.50 bits per heavy atom. The molecule has 4 heteroatoms. The van der Waals surface area contributed by atoms with Crippen LogP contribution in [-0.4, -0.2) is 11.1 Å². The Bertz CT molecular complexity index is 341. The lowest BCUT2D eigenvalue weighted by atomic mass is 10.1. The maximum atomic E-state index is 5.57. The first-order valence-electron chi connectivity index (χ1n) is 4.04. The molecule has 0 fully saturated rings. The highest BCUT2D eigenvalue weighted by Crippen LogP contribution is 2.28. The van der Waals surface area contributed by atoms with Crippen LogP contribution in [-0.2, 0) is 11.2 Å². The van der Waals surface area contributed by atoms with Crippen LogP contribution in [0.5, 0.6) is 0 Å². The second kappa shape index (κ2) is 2.71. The maximum absolute atomic E-state index is 5.57. The molecule has 0 aliphatic carbocycles. The van der Waals surface area contributed by atoms with Gasteiger partial charge in [-0.25, -0.2) is 0 Å². The van der Waals surface area contributed by atoms with E-state index in [1.807, 2.05) is 13.8 Å². The summed E-state index contributed by atoms with van der Waals surface area (Å²) < 4.78 is 10.9. The number of aromatic nitrogens is 1. The van der Waals surface area contributed by atoms with Crippen LogP contribution in [0.2, 0.25) is 0 Å². The van der Waals surface area contributed by atoms with Gasteiger partial charge in [-0.2, -0.15) is 0 Å². The van der Waals surface area contributed by atoms with Gasteiger partial charge in [0.2, 0.25) is 0 Å². The predicted molar refractivity (Wildman–Crippen MR) is 46.6 cm³/mol. The highest BCUT2D eigenvalue weighted by Gasteiger charge is 2.25. The van der Waals surface area contributed by atoms with E-state index in [0.29, 0.717) is 4.84 Å². The van der Waals surface area contributed by atoms with Crippen molar-refractivity contribution in [3.05, 3.63) is 16.3 Å². The van der Waals surface area contributed by atoms with Crippen molar-refractivity contribution in [2.45, 2.75) is 32.5 Å². The van der Waals surface area contributed by atoms with Crippen LogP contribution >= 0.6 is 12.2 Å². The van der Waals surface area contributed by atoms with Crippen molar-refractivity contribution in [2.24, 2.45) is 0 Å². The van der Waals surface area contributed by atoms with Crippen LogP contribution in [0.15, 0.2) is 4.42 Å². The zero-order valence-corrected chi connectivity index (χ0v) is 7.90. The first kappa shape index (κ1) is 8.01. The van der Waals surface area contributed by atoms with Crippen LogP contribution in [0.25, 0.3) is 0 Å². The average molecular weight is 185 g/mol. The molecule has 1 N–H and O–H groups in total. The van der Waals surface area contributed by atoms with Crippen molar-refractivity contribution in [1.29, 1.82) is 0 Å². The fourth-order valence-corrected chi connectivity index (χ4v) is 1.81. The fourth-order valence-electron chi connectivity index (χ4n) is 1.60. The molecule has 0 aromatic carbocycles. The molecular formula is C8H11NO2S. The van der Waals surface area contributed by atoms with Crippen molar-refractivity contribution in [1.82, 2.24) is 4.98 Å². The topological polar surface area (TPSA) is 38.2 Å². The molecule has 2 atom stereocenters. The van der Waals surface area contributed by atoms with Crippen molar-refractivity contribution < 1.29 is 9.15 Å². The lowest BCUT2D eigenvalue weighted by molar-refractivity contribution is -0.0178. The molecule has 2 unspecified atom stereocenters. The van der Waals surface area contributed by atoms with Crippen LogP contribution in [0, 0.1) is 4.84 Å². The summed E-state index contributed by atoms with van der Waals surface area (Å²) in [6, 6.07) is 0. The Kier molecular flexibility index (Phi) is 1.81. The minimum absolute atomic E-state index is 0.0247. The maximum Gasteiger partial charge on any atom is 0.266 e. The number of nitrogens with one attached hydrogen (secondary N) is 1. The molecule has 1 aliphatic rings. The highest BCUT2D eigenvalue weighted by molar-refractivity contribution is 7.71. The van der Waals surface area contributed by atoms with E-state index in [2.05, 4.69) is 4.98 Å². The first-order valence-corrected chi connectivity index (χ1v) is 4.45. The van der Waals surface area contributed by atoms with E-state index in [4.69, 9.17) is 21.4 Å². The van der Waals surface area contributed by atoms with E-state index >= 15 is 0 Å². The fraction of sp³-hybridized carbons (Fsp3) is 0.625. The SMILES string of the molecule is CC1Cc2[nH]c(=S)oc2C(C)O1. The van der Waals surface area contributed by atoms with Crippen molar-refractivity contribution >= 4 is 12.2 Å². The molecule has 0 radical (unpaired) electrons. The Hall–Kier alpha value is -0.610. The standard InChI is InChI=1S/C8H11NO2S/c1-4-3-6-7(5(2)10-4)11-8(12)9-6/h4-5H,3H2,1-2H3,(H,9,12). The molecule has 2 rings (SSSR count). The molecule has 0 amide bonds. The number of oxazole rings is 1. The molecule has 0 spiro atoms. The molecule has 0 saturated carbocycles. The monoisotopic (exact) mass is 185 g/mol. The summed E-state index contributed by atoms with van der Waals surface area (Å²) >= 11 is 4.89. The van der Waals surface area contributed by atoms with E-state index in [-0.39, 0.29) is 12.2 Å². The van der Waals surface area contributed by atoms with Gasteiger partial charge in [0.1, 0.15) is 6.10 Å². The normalized spacial score (nSPS) is 28.5. The predicted octanol–water partition coefficient (Wildman–Crippen LogP) is 2.36. The number of H-pyrrole nitrogens is 1. The average Bonchev–Trinajstić information content (AvgIpc) is 2.29. The lowest BCUT2D eigenvalue weighted by Crippen LogP contribution is -2.21. The summed E-state index contributed by atoms with van der Waals surface area (Å²) in [5.74, 6) is 0.859. The van der Waals surface area contributed by atoms with Gasteiger partial charge in [-0.3, -0.25) is 0 Å². The molecule has 66 valence electrons. The van der Waals surface area contributed by atoms with E-state index < -0.39 is 0 Å². The Balaban J connectivity index is 2.46. The van der Waals surface area contributed by atoms with Crippen LogP contribution in [0.3, 0.4) is 0 Å². The van der Waals surface area contributed by atoms with Gasteiger partial charge in [0.15, 0.2) is 5.76 Å². The summed E-state index contributed by atoms with van der Waals surface area (Å²) in [6.45, 7) is 4.02. The van der Waals surface area contributed by atoms with Gasteiger partial charge in [0.25, 0.3) is 4.84 Å². The Morgan fingerprint density at radius 3 is 3.00 bits per heavy atom. The van der Waals surface area contributed by atoms with Crippen molar-refractivity contribution in [3.8, 4) is 0 Å². The molecule has 12 heavy (non-hydrogen) atoms. The molecule has 0 saturated heterocycles. The van der Waals surface area contributed by atoms with E-state index in [1.54, 1.807) is 0 Å². The van der Waals surface area contributed by atoms with Crippen LogP contribution < -0.4 is 0 Å². The van der Waals surface area contributed by atoms with Gasteiger partial charge in [0, 0.05) is 6.42 Å². The molecule has 1 aliphatic heterocycles. The highest BCUT2D eigenvalue weighted by atomic mass is 32.1. The molecule has 3 nitrogen and oxygen atoms in total. The number of rotatable bonds is 0. The van der Waals surface area contributed by atoms with Crippen LogP contribution in [0.1, 0.15) is 31.4 Å². The molecule has 0 bridgehead atoms. The summed E-state index contributed by atoms with van der Waals surface area (Å²) in [4.78, 5) is 3.47. The second-order valence-electron chi connectivity index (χ2n) is 3.15. The van der Waals surface area contributed by atoms with Gasteiger partial charge in [0.05, 0.1) is 11.8 Å². The minimum Gasteiger partial charge on any atom is -0.432 e. The summed E-state index contributed by atoms with van der Waals surface area (Å²) in [5.41, 5.74) is 1.09. The van der Waals surface area contributed by atoms with Crippen LogP contribution in [0.4, 0.5) is 0 Å². The minimum atomic E-state index is 0.0247. The third-order valence-corrected chi connectivity index (χ3v) is 2.24. The first-order chi connectivity index (χ1) is 5.66. The zero-order chi connectivity index (χ0) is 8.72. The summed E-state index contributed by atoms with van der Waals surface area (Å²) in [7, 11) is 0. The lowest BCUT2D eigenvalue weighted by Gasteiger charge is -2.23. The zero-order valence-electron chi connectivity index (χ0n) is 7.09. The quantitative estimate of drug-likeness (QED) is 0.630. The third-order valence-electron chi connectivity index (χ3n) is 2.05. The number of hydrogen-bond acceptors (Lipinski definition) is 3.